The second-order valence-electron chi connectivity index (χ2n) is 5.68. The lowest BCUT2D eigenvalue weighted by molar-refractivity contribution is -0.142. The van der Waals surface area contributed by atoms with E-state index < -0.39 is 5.97 Å². The Morgan fingerprint density at radius 3 is 2.53 bits per heavy atom. The second-order valence-corrected chi connectivity index (χ2v) is 5.68. The van der Waals surface area contributed by atoms with E-state index in [0.29, 0.717) is 25.4 Å². The Morgan fingerprint density at radius 1 is 1.11 bits per heavy atom. The van der Waals surface area contributed by atoms with Gasteiger partial charge in [0, 0.05) is 19.0 Å². The van der Waals surface area contributed by atoms with Crippen LogP contribution in [0.4, 0.5) is 0 Å². The first-order valence-electron chi connectivity index (χ1n) is 7.43. The Labute approximate surface area is 114 Å². The number of amides is 1. The van der Waals surface area contributed by atoms with Gasteiger partial charge in [-0.15, -0.1) is 0 Å². The number of carboxylic acids is 1. The van der Waals surface area contributed by atoms with E-state index in [1.54, 1.807) is 0 Å². The minimum absolute atomic E-state index is 0.0722. The van der Waals surface area contributed by atoms with Crippen molar-refractivity contribution >= 4 is 11.9 Å². The van der Waals surface area contributed by atoms with E-state index in [1.807, 2.05) is 4.90 Å². The number of carboxylic acid groups (broad SMARTS) is 1. The van der Waals surface area contributed by atoms with Gasteiger partial charge < -0.3 is 10.4 Å². The van der Waals surface area contributed by atoms with Gasteiger partial charge in [0.1, 0.15) is 6.04 Å². The SMILES string of the molecule is O=C(CCN1CCCC1C(=O)O)NC1CCCCC1. The minimum Gasteiger partial charge on any atom is -0.480 e. The van der Waals surface area contributed by atoms with Crippen LogP contribution in [0.5, 0.6) is 0 Å². The number of carbonyl (C=O) groups excluding carboxylic acids is 1. The molecule has 1 heterocycles. The summed E-state index contributed by atoms with van der Waals surface area (Å²) in [5.41, 5.74) is 0. The van der Waals surface area contributed by atoms with Gasteiger partial charge in [-0.1, -0.05) is 19.3 Å². The predicted molar refractivity (Wildman–Crippen MR) is 71.9 cm³/mol. The summed E-state index contributed by atoms with van der Waals surface area (Å²) >= 11 is 0. The van der Waals surface area contributed by atoms with Crippen LogP contribution in [0.15, 0.2) is 0 Å². The molecule has 19 heavy (non-hydrogen) atoms. The summed E-state index contributed by atoms with van der Waals surface area (Å²) in [6.45, 7) is 1.36. The van der Waals surface area contributed by atoms with Crippen molar-refractivity contribution in [3.8, 4) is 0 Å². The van der Waals surface area contributed by atoms with E-state index in [1.165, 1.54) is 19.3 Å². The highest BCUT2D eigenvalue weighted by molar-refractivity contribution is 5.77. The van der Waals surface area contributed by atoms with Crippen LogP contribution in [-0.2, 0) is 9.59 Å². The van der Waals surface area contributed by atoms with Gasteiger partial charge in [0.2, 0.25) is 5.91 Å². The van der Waals surface area contributed by atoms with Crippen molar-refractivity contribution < 1.29 is 14.7 Å². The van der Waals surface area contributed by atoms with Crippen LogP contribution in [0.1, 0.15) is 51.4 Å². The molecule has 0 aromatic rings. The van der Waals surface area contributed by atoms with Crippen LogP contribution in [0, 0.1) is 0 Å². The molecule has 5 nitrogen and oxygen atoms in total. The first-order valence-corrected chi connectivity index (χ1v) is 7.43. The Morgan fingerprint density at radius 2 is 1.84 bits per heavy atom. The Balaban J connectivity index is 1.69. The van der Waals surface area contributed by atoms with E-state index in [0.717, 1.165) is 25.8 Å². The molecule has 1 unspecified atom stereocenters. The molecule has 0 aromatic carbocycles. The quantitative estimate of drug-likeness (QED) is 0.790. The molecule has 108 valence electrons. The van der Waals surface area contributed by atoms with Crippen LogP contribution >= 0.6 is 0 Å². The van der Waals surface area contributed by atoms with Gasteiger partial charge in [0.15, 0.2) is 0 Å². The minimum atomic E-state index is -0.759. The number of rotatable bonds is 5. The summed E-state index contributed by atoms with van der Waals surface area (Å²) < 4.78 is 0. The third-order valence-corrected chi connectivity index (χ3v) is 4.25. The average molecular weight is 268 g/mol. The fourth-order valence-electron chi connectivity index (χ4n) is 3.17. The zero-order valence-corrected chi connectivity index (χ0v) is 11.4. The summed E-state index contributed by atoms with van der Waals surface area (Å²) in [4.78, 5) is 24.8. The zero-order chi connectivity index (χ0) is 13.7. The summed E-state index contributed by atoms with van der Waals surface area (Å²) in [6.07, 6.45) is 7.91. The monoisotopic (exact) mass is 268 g/mol. The fourth-order valence-corrected chi connectivity index (χ4v) is 3.17. The molecular weight excluding hydrogens is 244 g/mol. The van der Waals surface area contributed by atoms with E-state index >= 15 is 0 Å². The van der Waals surface area contributed by atoms with Gasteiger partial charge in [-0.05, 0) is 32.2 Å². The van der Waals surface area contributed by atoms with Crippen LogP contribution in [0.2, 0.25) is 0 Å². The third-order valence-electron chi connectivity index (χ3n) is 4.25. The van der Waals surface area contributed by atoms with Gasteiger partial charge in [0.25, 0.3) is 0 Å². The first kappa shape index (κ1) is 14.3. The molecule has 1 saturated heterocycles. The molecule has 1 atom stereocenters. The number of likely N-dealkylation sites (tertiary alicyclic amines) is 1. The van der Waals surface area contributed by atoms with Crippen LogP contribution in [0.25, 0.3) is 0 Å². The number of carbonyl (C=O) groups is 2. The van der Waals surface area contributed by atoms with Crippen molar-refractivity contribution in [1.29, 1.82) is 0 Å². The largest absolute Gasteiger partial charge is 0.480 e. The Hall–Kier alpha value is -1.10. The summed E-state index contributed by atoms with van der Waals surface area (Å²) in [6, 6.07) is -0.0439. The highest BCUT2D eigenvalue weighted by atomic mass is 16.4. The maximum absolute atomic E-state index is 11.9. The van der Waals surface area contributed by atoms with Gasteiger partial charge >= 0.3 is 5.97 Å². The van der Waals surface area contributed by atoms with Gasteiger partial charge in [0.05, 0.1) is 0 Å². The average Bonchev–Trinajstić information content (AvgIpc) is 2.86. The molecule has 2 fully saturated rings. The molecule has 0 radical (unpaired) electrons. The second kappa shape index (κ2) is 6.89. The summed E-state index contributed by atoms with van der Waals surface area (Å²) in [5.74, 6) is -0.687. The molecule has 2 N–H and O–H groups in total. The molecular formula is C14H24N2O3. The van der Waals surface area contributed by atoms with Gasteiger partial charge in [-0.3, -0.25) is 14.5 Å². The number of hydrogen-bond acceptors (Lipinski definition) is 3. The van der Waals surface area contributed by atoms with Crippen LogP contribution in [-0.4, -0.2) is 47.1 Å². The molecule has 1 aliphatic heterocycles. The highest BCUT2D eigenvalue weighted by Crippen LogP contribution is 2.19. The molecule has 1 aliphatic carbocycles. The normalized spacial score (nSPS) is 25.4. The maximum Gasteiger partial charge on any atom is 0.320 e. The van der Waals surface area contributed by atoms with Gasteiger partial charge in [-0.25, -0.2) is 0 Å². The smallest absolute Gasteiger partial charge is 0.320 e. The third kappa shape index (κ3) is 4.20. The Bertz CT molecular complexity index is 327. The van der Waals surface area contributed by atoms with Crippen molar-refractivity contribution in [2.75, 3.05) is 13.1 Å². The topological polar surface area (TPSA) is 69.6 Å². The van der Waals surface area contributed by atoms with E-state index in [9.17, 15) is 9.59 Å². The van der Waals surface area contributed by atoms with E-state index in [-0.39, 0.29) is 11.9 Å². The summed E-state index contributed by atoms with van der Waals surface area (Å²) in [5, 5.41) is 12.1. The molecule has 0 spiro atoms. The highest BCUT2D eigenvalue weighted by Gasteiger charge is 2.30. The van der Waals surface area contributed by atoms with Crippen molar-refractivity contribution in [3.05, 3.63) is 0 Å². The zero-order valence-electron chi connectivity index (χ0n) is 11.4. The lowest BCUT2D eigenvalue weighted by atomic mass is 9.95. The molecule has 0 aromatic heterocycles. The van der Waals surface area contributed by atoms with Crippen molar-refractivity contribution in [1.82, 2.24) is 10.2 Å². The number of aliphatic carboxylic acids is 1. The summed E-state index contributed by atoms with van der Waals surface area (Å²) in [7, 11) is 0. The number of hydrogen-bond donors (Lipinski definition) is 2. The lowest BCUT2D eigenvalue weighted by Crippen LogP contribution is -2.41. The Kier molecular flexibility index (Phi) is 5.19. The fraction of sp³-hybridized carbons (Fsp3) is 0.857. The molecule has 5 heteroatoms. The van der Waals surface area contributed by atoms with Crippen LogP contribution in [0.3, 0.4) is 0 Å². The molecule has 2 rings (SSSR count). The van der Waals surface area contributed by atoms with Crippen LogP contribution < -0.4 is 5.32 Å². The van der Waals surface area contributed by atoms with Crippen molar-refractivity contribution in [2.24, 2.45) is 0 Å². The van der Waals surface area contributed by atoms with E-state index in [4.69, 9.17) is 5.11 Å². The van der Waals surface area contributed by atoms with Crippen molar-refractivity contribution in [2.45, 2.75) is 63.5 Å². The van der Waals surface area contributed by atoms with Gasteiger partial charge in [-0.2, -0.15) is 0 Å². The first-order chi connectivity index (χ1) is 9.16. The van der Waals surface area contributed by atoms with E-state index in [2.05, 4.69) is 5.32 Å². The predicted octanol–water partition coefficient (Wildman–Crippen LogP) is 1.37. The number of nitrogens with zero attached hydrogens (tertiary/aromatic N) is 1. The number of nitrogens with one attached hydrogen (secondary N) is 1. The molecule has 0 bridgehead atoms. The molecule has 1 saturated carbocycles. The maximum atomic E-state index is 11.9. The lowest BCUT2D eigenvalue weighted by Gasteiger charge is -2.24. The van der Waals surface area contributed by atoms with Crippen molar-refractivity contribution in [3.63, 3.8) is 0 Å². The molecule has 1 amide bonds. The molecule has 2 aliphatic rings. The standard InChI is InChI=1S/C14H24N2O3/c17-13(15-11-5-2-1-3-6-11)8-10-16-9-4-7-12(16)14(18)19/h11-12H,1-10H2,(H,15,17)(H,18,19).